The number of ether oxygens (including phenoxy) is 3. The van der Waals surface area contributed by atoms with Gasteiger partial charge in [-0.2, -0.15) is 0 Å². The van der Waals surface area contributed by atoms with E-state index in [4.69, 9.17) is 37.4 Å². The van der Waals surface area contributed by atoms with Crippen LogP contribution in [0.5, 0.6) is 11.6 Å². The Bertz CT molecular complexity index is 1560. The molecular weight excluding hydrogens is 594 g/mol. The van der Waals surface area contributed by atoms with Gasteiger partial charge in [0.2, 0.25) is 5.88 Å². The maximum atomic E-state index is 14.5. The first-order valence-corrected chi connectivity index (χ1v) is 14.8. The van der Waals surface area contributed by atoms with Crippen LogP contribution in [0.2, 0.25) is 10.0 Å². The molecule has 8 nitrogen and oxygen atoms in total. The van der Waals surface area contributed by atoms with Crippen LogP contribution in [0.4, 0.5) is 10.1 Å². The van der Waals surface area contributed by atoms with Gasteiger partial charge in [-0.1, -0.05) is 48.0 Å². The summed E-state index contributed by atoms with van der Waals surface area (Å²) in [6, 6.07) is 10.7. The lowest BCUT2D eigenvalue weighted by Gasteiger charge is -2.36. The van der Waals surface area contributed by atoms with E-state index in [1.54, 1.807) is 37.3 Å². The quantitative estimate of drug-likeness (QED) is 0.196. The molecule has 2 heterocycles. The van der Waals surface area contributed by atoms with Gasteiger partial charge in [0.05, 0.1) is 41.8 Å². The van der Waals surface area contributed by atoms with Gasteiger partial charge in [-0.25, -0.2) is 17.8 Å². The van der Waals surface area contributed by atoms with Gasteiger partial charge in [0.25, 0.3) is 10.0 Å². The zero-order valence-electron chi connectivity index (χ0n) is 22.4. The number of hydrogen-bond donors (Lipinski definition) is 1. The van der Waals surface area contributed by atoms with Gasteiger partial charge in [0.15, 0.2) is 4.90 Å². The van der Waals surface area contributed by atoms with Crippen LogP contribution in [0.3, 0.4) is 0 Å². The summed E-state index contributed by atoms with van der Waals surface area (Å²) in [4.78, 5) is 3.78. The number of allylic oxidation sites excluding steroid dienone is 2. The smallest absolute Gasteiger partial charge is 0.270 e. The van der Waals surface area contributed by atoms with Gasteiger partial charge in [0, 0.05) is 18.2 Å². The molecule has 1 aromatic heterocycles. The van der Waals surface area contributed by atoms with Crippen molar-refractivity contribution in [3.05, 3.63) is 88.0 Å². The number of anilines is 1. The van der Waals surface area contributed by atoms with E-state index >= 15 is 0 Å². The van der Waals surface area contributed by atoms with Crippen LogP contribution >= 0.6 is 23.2 Å². The van der Waals surface area contributed by atoms with Gasteiger partial charge in [-0.05, 0) is 54.8 Å². The van der Waals surface area contributed by atoms with Crippen LogP contribution in [0, 0.1) is 5.82 Å². The molecule has 0 bridgehead atoms. The molecule has 1 aliphatic rings. The molecule has 1 N–H and O–H groups in total. The average molecular weight is 624 g/mol. The maximum Gasteiger partial charge on any atom is 0.270 e. The number of aromatic nitrogens is 1. The Balaban J connectivity index is 1.80. The van der Waals surface area contributed by atoms with Crippen molar-refractivity contribution in [2.75, 3.05) is 31.2 Å². The summed E-state index contributed by atoms with van der Waals surface area (Å²) in [5.41, 5.74) is 1.66. The van der Waals surface area contributed by atoms with E-state index in [1.165, 1.54) is 35.8 Å². The predicted molar refractivity (Wildman–Crippen MR) is 158 cm³/mol. The first-order chi connectivity index (χ1) is 19.5. The van der Waals surface area contributed by atoms with Crippen molar-refractivity contribution in [2.45, 2.75) is 30.8 Å². The van der Waals surface area contributed by atoms with Gasteiger partial charge in [0.1, 0.15) is 24.3 Å². The van der Waals surface area contributed by atoms with Gasteiger partial charge in [-0.3, -0.25) is 4.31 Å². The molecule has 0 amide bonds. The normalized spacial score (nSPS) is 15.2. The van der Waals surface area contributed by atoms with Gasteiger partial charge >= 0.3 is 0 Å². The lowest BCUT2D eigenvalue weighted by molar-refractivity contribution is 0.178. The molecule has 1 atom stereocenters. The molecule has 0 fully saturated rings. The summed E-state index contributed by atoms with van der Waals surface area (Å²) in [6.45, 7) is 5.01. The fraction of sp³-hybridized carbons (Fsp3) is 0.276. The summed E-state index contributed by atoms with van der Waals surface area (Å²) in [5.74, 6) is 0.206. The van der Waals surface area contributed by atoms with E-state index in [9.17, 15) is 17.9 Å². The lowest BCUT2D eigenvalue weighted by Crippen LogP contribution is -2.43. The molecule has 2 aromatic carbocycles. The second-order valence-electron chi connectivity index (χ2n) is 9.24. The highest BCUT2D eigenvalue weighted by Crippen LogP contribution is 2.41. The van der Waals surface area contributed by atoms with Crippen LogP contribution in [-0.4, -0.2) is 51.5 Å². The van der Waals surface area contributed by atoms with Crippen molar-refractivity contribution >= 4 is 50.6 Å². The van der Waals surface area contributed by atoms with E-state index in [0.29, 0.717) is 35.5 Å². The van der Waals surface area contributed by atoms with Crippen molar-refractivity contribution in [1.82, 2.24) is 4.98 Å². The van der Waals surface area contributed by atoms with E-state index in [-0.39, 0.29) is 51.8 Å². The Morgan fingerprint density at radius 3 is 2.78 bits per heavy atom. The fourth-order valence-corrected chi connectivity index (χ4v) is 6.52. The molecule has 0 unspecified atom stereocenters. The summed E-state index contributed by atoms with van der Waals surface area (Å²) in [6.07, 6.45) is 3.34. The molecule has 218 valence electrons. The van der Waals surface area contributed by atoms with Crippen LogP contribution in [0.15, 0.2) is 65.9 Å². The van der Waals surface area contributed by atoms with Crippen molar-refractivity contribution in [3.8, 4) is 11.6 Å². The first kappa shape index (κ1) is 30.6. The number of nitrogens with zero attached hydrogens (tertiary/aromatic N) is 2. The molecule has 3 aromatic rings. The molecule has 0 saturated heterocycles. The number of hydrogen-bond acceptors (Lipinski definition) is 7. The van der Waals surface area contributed by atoms with Crippen LogP contribution < -0.4 is 13.8 Å². The zero-order valence-corrected chi connectivity index (χ0v) is 24.8. The minimum Gasteiger partial charge on any atom is -0.502 e. The molecule has 0 radical (unpaired) electrons. The van der Waals surface area contributed by atoms with Crippen molar-refractivity contribution in [1.29, 1.82) is 0 Å². The third kappa shape index (κ3) is 6.95. The zero-order chi connectivity index (χ0) is 29.7. The molecule has 12 heteroatoms. The second kappa shape index (κ2) is 13.1. The van der Waals surface area contributed by atoms with Crippen LogP contribution in [0.25, 0.3) is 11.6 Å². The number of aliphatic hydroxyl groups excluding tert-OH is 1. The number of rotatable bonds is 11. The molecule has 0 saturated carbocycles. The largest absolute Gasteiger partial charge is 0.502 e. The highest BCUT2D eigenvalue weighted by atomic mass is 35.5. The molecular formula is C29H29Cl2FN2O6S. The Morgan fingerprint density at radius 1 is 1.29 bits per heavy atom. The third-order valence-corrected chi connectivity index (χ3v) is 8.67. The summed E-state index contributed by atoms with van der Waals surface area (Å²) in [5, 5.41) is 9.57. The van der Waals surface area contributed by atoms with Crippen molar-refractivity contribution in [3.63, 3.8) is 0 Å². The van der Waals surface area contributed by atoms with Crippen molar-refractivity contribution < 1.29 is 32.1 Å². The first-order valence-electron chi connectivity index (χ1n) is 12.6. The minimum absolute atomic E-state index is 0.0381. The molecule has 0 spiro atoms. The van der Waals surface area contributed by atoms with Crippen LogP contribution in [-0.2, 0) is 14.8 Å². The third-order valence-electron chi connectivity index (χ3n) is 6.37. The number of fused-ring (bicyclic) bond motifs is 1. The van der Waals surface area contributed by atoms with E-state index in [2.05, 4.69) is 11.6 Å². The Hall–Kier alpha value is -3.31. The number of benzene rings is 2. The van der Waals surface area contributed by atoms with E-state index in [1.807, 2.05) is 0 Å². The Morgan fingerprint density at radius 2 is 2.07 bits per heavy atom. The highest BCUT2D eigenvalue weighted by Gasteiger charge is 2.37. The maximum absolute atomic E-state index is 14.5. The molecule has 41 heavy (non-hydrogen) atoms. The summed E-state index contributed by atoms with van der Waals surface area (Å²) in [7, 11) is -2.79. The number of pyridine rings is 1. The highest BCUT2D eigenvalue weighted by molar-refractivity contribution is 7.93. The van der Waals surface area contributed by atoms with Gasteiger partial charge in [-0.15, -0.1) is 0 Å². The van der Waals surface area contributed by atoms with Crippen LogP contribution in [0.1, 0.15) is 30.9 Å². The lowest BCUT2D eigenvalue weighted by atomic mass is 10.0. The Labute approximate surface area is 248 Å². The monoisotopic (exact) mass is 622 g/mol. The van der Waals surface area contributed by atoms with E-state index < -0.39 is 21.9 Å². The standard InChI is InChI=1S/C29H29Cl2FN2O6S/c1-18(28-23(31)5-4-6-24(28)32)13-20-8-10-26-25(14-20)34(17-22(40-26)9-7-19(2)38-3)41(36,37)27-15-21(30)16-33-29(27)39-12-11-35/h4-6,8,10,13-16,22,35H,2,7,9,11-12,17H2,1,3H3/b18-13+/t22-/m0/s1. The van der Waals surface area contributed by atoms with E-state index in [0.717, 1.165) is 0 Å². The molecule has 0 aliphatic carbocycles. The molecule has 4 rings (SSSR count). The SMILES string of the molecule is C=C(CC[C@H]1CN(S(=O)(=O)c2cc(Cl)cnc2OCCO)c2cc(/C=C(\C)c3c(F)cccc3Cl)ccc2O1)OC. The number of sulfonamides is 1. The van der Waals surface area contributed by atoms with Gasteiger partial charge < -0.3 is 19.3 Å². The fourth-order valence-electron chi connectivity index (χ4n) is 4.38. The minimum atomic E-state index is -4.30. The second-order valence-corrected chi connectivity index (χ2v) is 11.9. The summed E-state index contributed by atoms with van der Waals surface area (Å²) >= 11 is 12.4. The average Bonchev–Trinajstić information content (AvgIpc) is 2.94. The van der Waals surface area contributed by atoms with Crippen molar-refractivity contribution in [2.24, 2.45) is 0 Å². The topological polar surface area (TPSA) is 98.2 Å². The predicted octanol–water partition coefficient (Wildman–Crippen LogP) is 6.36. The number of aliphatic hydroxyl groups is 1. The number of halogens is 3. The summed E-state index contributed by atoms with van der Waals surface area (Å²) < 4.78 is 60.9. The Kier molecular flexibility index (Phi) is 9.80. The number of methoxy groups -OCH3 is 1. The molecule has 1 aliphatic heterocycles.